The molecule has 0 aliphatic rings. The Morgan fingerprint density at radius 2 is 2.03 bits per heavy atom. The van der Waals surface area contributed by atoms with Gasteiger partial charge in [-0.3, -0.25) is 9.59 Å². The normalized spacial score (nSPS) is 12.9. The number of alkyl halides is 3. The lowest BCUT2D eigenvalue weighted by Crippen LogP contribution is -2.34. The molecule has 0 saturated heterocycles. The Balaban J connectivity index is 2.02. The lowest BCUT2D eigenvalue weighted by molar-refractivity contribution is -0.140. The molecule has 1 aromatic carbocycles. The number of aromatic nitrogens is 2. The predicted molar refractivity (Wildman–Crippen MR) is 106 cm³/mol. The van der Waals surface area contributed by atoms with Gasteiger partial charge < -0.3 is 5.32 Å². The van der Waals surface area contributed by atoms with E-state index in [1.807, 2.05) is 13.8 Å². The number of hydrogen-bond donors (Lipinski definition) is 1. The highest BCUT2D eigenvalue weighted by Gasteiger charge is 2.34. The number of hydrogen-bond acceptors (Lipinski definition) is 4. The molecule has 3 aromatic rings. The molecule has 0 saturated carbocycles. The number of thiazole rings is 1. The molecule has 0 fully saturated rings. The van der Waals surface area contributed by atoms with E-state index in [1.165, 1.54) is 10.5 Å². The second-order valence-electron chi connectivity index (χ2n) is 6.95. The number of nitrogens with zero attached hydrogens (tertiary/aromatic N) is 2. The SMILES string of the molecule is CCC(C)NC(=O)c1c(C)sc2nc(Cc3cccc(C(F)(F)F)c3F)cc(=O)n12. The summed E-state index contributed by atoms with van der Waals surface area (Å²) in [5.74, 6) is -1.79. The fourth-order valence-corrected chi connectivity index (χ4v) is 3.99. The highest BCUT2D eigenvalue weighted by molar-refractivity contribution is 7.17. The Morgan fingerprint density at radius 3 is 2.67 bits per heavy atom. The van der Waals surface area contributed by atoms with Crippen LogP contribution in [0, 0.1) is 12.7 Å². The van der Waals surface area contributed by atoms with E-state index in [9.17, 15) is 27.2 Å². The number of nitrogens with one attached hydrogen (secondary N) is 1. The molecule has 1 atom stereocenters. The maximum Gasteiger partial charge on any atom is 0.419 e. The third kappa shape index (κ3) is 4.23. The van der Waals surface area contributed by atoms with E-state index >= 15 is 0 Å². The topological polar surface area (TPSA) is 63.5 Å². The van der Waals surface area contributed by atoms with Gasteiger partial charge in [0.1, 0.15) is 11.5 Å². The third-order valence-corrected chi connectivity index (χ3v) is 5.66. The Bertz CT molecular complexity index is 1170. The molecule has 0 spiro atoms. The number of benzene rings is 1. The number of halogens is 4. The largest absolute Gasteiger partial charge is 0.419 e. The second-order valence-corrected chi connectivity index (χ2v) is 8.13. The number of aryl methyl sites for hydroxylation is 1. The molecular weight excluding hydrogens is 422 g/mol. The third-order valence-electron chi connectivity index (χ3n) is 4.70. The first-order chi connectivity index (χ1) is 14.0. The molecule has 10 heteroatoms. The van der Waals surface area contributed by atoms with Crippen LogP contribution in [0.3, 0.4) is 0 Å². The lowest BCUT2D eigenvalue weighted by Gasteiger charge is -2.12. The van der Waals surface area contributed by atoms with Crippen molar-refractivity contribution in [1.29, 1.82) is 0 Å². The zero-order chi connectivity index (χ0) is 22.2. The minimum atomic E-state index is -4.82. The molecule has 0 aliphatic heterocycles. The van der Waals surface area contributed by atoms with Crippen LogP contribution in [0.25, 0.3) is 4.96 Å². The molecule has 2 aromatic heterocycles. The van der Waals surface area contributed by atoms with Crippen LogP contribution in [0.15, 0.2) is 29.1 Å². The van der Waals surface area contributed by atoms with Crippen molar-refractivity contribution in [1.82, 2.24) is 14.7 Å². The highest BCUT2D eigenvalue weighted by Crippen LogP contribution is 2.33. The van der Waals surface area contributed by atoms with Crippen LogP contribution >= 0.6 is 11.3 Å². The maximum atomic E-state index is 14.3. The van der Waals surface area contributed by atoms with E-state index in [0.717, 1.165) is 23.5 Å². The van der Waals surface area contributed by atoms with Gasteiger partial charge in [-0.15, -0.1) is 11.3 Å². The van der Waals surface area contributed by atoms with E-state index in [-0.39, 0.29) is 34.4 Å². The number of rotatable bonds is 5. The fourth-order valence-electron chi connectivity index (χ4n) is 3.00. The molecule has 0 bridgehead atoms. The van der Waals surface area contributed by atoms with Crippen molar-refractivity contribution in [3.63, 3.8) is 0 Å². The summed E-state index contributed by atoms with van der Waals surface area (Å²) < 4.78 is 54.3. The van der Waals surface area contributed by atoms with Gasteiger partial charge in [-0.25, -0.2) is 13.8 Å². The van der Waals surface area contributed by atoms with Crippen molar-refractivity contribution in [2.75, 3.05) is 0 Å². The van der Waals surface area contributed by atoms with Gasteiger partial charge in [0.25, 0.3) is 11.5 Å². The minimum absolute atomic E-state index is 0.0846. The summed E-state index contributed by atoms with van der Waals surface area (Å²) >= 11 is 1.11. The zero-order valence-corrected chi connectivity index (χ0v) is 17.2. The van der Waals surface area contributed by atoms with Gasteiger partial charge in [-0.2, -0.15) is 13.2 Å². The zero-order valence-electron chi connectivity index (χ0n) is 16.4. The summed E-state index contributed by atoms with van der Waals surface area (Å²) in [5, 5.41) is 2.80. The van der Waals surface area contributed by atoms with Crippen molar-refractivity contribution < 1.29 is 22.4 Å². The molecule has 5 nitrogen and oxygen atoms in total. The van der Waals surface area contributed by atoms with Crippen LogP contribution < -0.4 is 10.9 Å². The van der Waals surface area contributed by atoms with Gasteiger partial charge in [-0.05, 0) is 31.9 Å². The summed E-state index contributed by atoms with van der Waals surface area (Å²) in [4.78, 5) is 30.3. The number of carbonyl (C=O) groups is 1. The van der Waals surface area contributed by atoms with Crippen molar-refractivity contribution >= 4 is 22.2 Å². The van der Waals surface area contributed by atoms with Gasteiger partial charge in [0.05, 0.1) is 11.3 Å². The molecule has 1 N–H and O–H groups in total. The van der Waals surface area contributed by atoms with Crippen LogP contribution in [0.4, 0.5) is 17.6 Å². The van der Waals surface area contributed by atoms with Gasteiger partial charge in [-0.1, -0.05) is 19.1 Å². The van der Waals surface area contributed by atoms with Crippen molar-refractivity contribution in [3.05, 3.63) is 67.8 Å². The predicted octanol–water partition coefficient (Wildman–Crippen LogP) is 4.34. The summed E-state index contributed by atoms with van der Waals surface area (Å²) in [7, 11) is 0. The molecule has 3 rings (SSSR count). The molecule has 1 amide bonds. The molecule has 0 radical (unpaired) electrons. The number of fused-ring (bicyclic) bond motifs is 1. The fraction of sp³-hybridized carbons (Fsp3) is 0.350. The van der Waals surface area contributed by atoms with Gasteiger partial charge >= 0.3 is 6.18 Å². The Morgan fingerprint density at radius 1 is 1.33 bits per heavy atom. The Hall–Kier alpha value is -2.75. The maximum absolute atomic E-state index is 14.3. The molecule has 1 unspecified atom stereocenters. The molecule has 160 valence electrons. The summed E-state index contributed by atoms with van der Waals surface area (Å²) in [6, 6.07) is 4.02. The number of carbonyl (C=O) groups excluding carboxylic acids is 1. The van der Waals surface area contributed by atoms with E-state index in [1.54, 1.807) is 6.92 Å². The van der Waals surface area contributed by atoms with Crippen molar-refractivity contribution in [2.24, 2.45) is 0 Å². The molecule has 30 heavy (non-hydrogen) atoms. The van der Waals surface area contributed by atoms with Gasteiger partial charge in [0.15, 0.2) is 4.96 Å². The van der Waals surface area contributed by atoms with E-state index in [2.05, 4.69) is 10.3 Å². The summed E-state index contributed by atoms with van der Waals surface area (Å²) in [5.41, 5.74) is -1.85. The van der Waals surface area contributed by atoms with Crippen LogP contribution in [0.2, 0.25) is 0 Å². The Labute approximate surface area is 173 Å². The van der Waals surface area contributed by atoms with Gasteiger partial charge in [0.2, 0.25) is 0 Å². The summed E-state index contributed by atoms with van der Waals surface area (Å²) in [6.07, 6.45) is -4.39. The molecule has 0 aliphatic carbocycles. The highest BCUT2D eigenvalue weighted by atomic mass is 32.1. The second kappa shape index (κ2) is 8.17. The van der Waals surface area contributed by atoms with E-state index in [4.69, 9.17) is 0 Å². The lowest BCUT2D eigenvalue weighted by atomic mass is 10.0. The van der Waals surface area contributed by atoms with Crippen LogP contribution in [-0.2, 0) is 12.6 Å². The minimum Gasteiger partial charge on any atom is -0.348 e. The molecular formula is C20H19F4N3O2S. The van der Waals surface area contributed by atoms with Crippen LogP contribution in [0.5, 0.6) is 0 Å². The smallest absolute Gasteiger partial charge is 0.348 e. The Kier molecular flexibility index (Phi) is 5.98. The first-order valence-corrected chi connectivity index (χ1v) is 10.0. The number of amides is 1. The van der Waals surface area contributed by atoms with Gasteiger partial charge in [0, 0.05) is 23.4 Å². The quantitative estimate of drug-likeness (QED) is 0.599. The summed E-state index contributed by atoms with van der Waals surface area (Å²) in [6.45, 7) is 5.43. The first-order valence-electron chi connectivity index (χ1n) is 9.20. The van der Waals surface area contributed by atoms with Crippen molar-refractivity contribution in [3.8, 4) is 0 Å². The monoisotopic (exact) mass is 441 g/mol. The van der Waals surface area contributed by atoms with E-state index in [0.29, 0.717) is 17.4 Å². The van der Waals surface area contributed by atoms with Crippen molar-refractivity contribution in [2.45, 2.75) is 45.8 Å². The van der Waals surface area contributed by atoms with E-state index < -0.39 is 29.0 Å². The van der Waals surface area contributed by atoms with Crippen LogP contribution in [0.1, 0.15) is 52.5 Å². The van der Waals surface area contributed by atoms with Crippen LogP contribution in [-0.4, -0.2) is 21.3 Å². The average Bonchev–Trinajstić information content (AvgIpc) is 2.98. The standard InChI is InChI=1S/C20H19F4N3O2S/c1-4-10(2)25-18(29)17-11(3)30-19-26-13(9-15(28)27(17)19)8-12-6-5-7-14(16(12)21)20(22,23)24/h5-7,9-10H,4,8H2,1-3H3,(H,25,29). The molecule has 2 heterocycles. The average molecular weight is 441 g/mol. The first kappa shape index (κ1) is 21.9.